The second-order valence-corrected chi connectivity index (χ2v) is 7.70. The summed E-state index contributed by atoms with van der Waals surface area (Å²) >= 11 is 0. The minimum Gasteiger partial charge on any atom is -0.532 e. The molecule has 0 bridgehead atoms. The van der Waals surface area contributed by atoms with Crippen LogP contribution in [0.4, 0.5) is 0 Å². The maximum Gasteiger partial charge on any atom is 0.563 e. The van der Waals surface area contributed by atoms with Gasteiger partial charge in [0.1, 0.15) is 5.75 Å². The van der Waals surface area contributed by atoms with Crippen molar-refractivity contribution in [3.63, 3.8) is 0 Å². The van der Waals surface area contributed by atoms with Crippen molar-refractivity contribution in [3.05, 3.63) is 132 Å². The molecule has 4 aromatic rings. The predicted molar refractivity (Wildman–Crippen MR) is 125 cm³/mol. The summed E-state index contributed by atoms with van der Waals surface area (Å²) in [7, 11) is -0.529. The van der Waals surface area contributed by atoms with Crippen molar-refractivity contribution in [2.75, 3.05) is 0 Å². The maximum absolute atomic E-state index is 6.78. The third-order valence-electron chi connectivity index (χ3n) is 5.65. The van der Waals surface area contributed by atoms with Gasteiger partial charge in [0.25, 0.3) is 0 Å². The molecule has 0 saturated carbocycles. The molecule has 0 aromatic heterocycles. The fourth-order valence-corrected chi connectivity index (χ4v) is 4.07. The summed E-state index contributed by atoms with van der Waals surface area (Å²) in [5.74, 6) is 0.837. The van der Waals surface area contributed by atoms with Crippen LogP contribution in [0, 0.1) is 0 Å². The van der Waals surface area contributed by atoms with Crippen LogP contribution in [0.25, 0.3) is 0 Å². The topological polar surface area (TPSA) is 30.5 Å². The molecule has 0 radical (unpaired) electrons. The molecular formula is C27H24BNO2. The molecule has 31 heavy (non-hydrogen) atoms. The molecule has 0 fully saturated rings. The van der Waals surface area contributed by atoms with Gasteiger partial charge in [-0.25, -0.2) is 0 Å². The zero-order valence-corrected chi connectivity index (χ0v) is 17.2. The van der Waals surface area contributed by atoms with E-state index in [-0.39, 0.29) is 12.1 Å². The summed E-state index contributed by atoms with van der Waals surface area (Å²) in [6.45, 7) is 0.684. The van der Waals surface area contributed by atoms with E-state index in [0.717, 1.165) is 22.3 Å². The largest absolute Gasteiger partial charge is 0.563 e. The number of para-hydroxylation sites is 1. The van der Waals surface area contributed by atoms with Crippen LogP contribution in [0.2, 0.25) is 0 Å². The van der Waals surface area contributed by atoms with Crippen molar-refractivity contribution in [2.24, 2.45) is 0 Å². The normalized spacial score (nSPS) is 18.8. The number of hydrogen-bond acceptors (Lipinski definition) is 3. The Morgan fingerprint density at radius 2 is 1.23 bits per heavy atom. The molecule has 0 unspecified atom stereocenters. The molecule has 2 atom stereocenters. The first-order valence-corrected chi connectivity index (χ1v) is 10.7. The van der Waals surface area contributed by atoms with E-state index in [0.29, 0.717) is 6.54 Å². The highest BCUT2D eigenvalue weighted by molar-refractivity contribution is 6.62. The molecule has 152 valence electrons. The molecule has 0 aliphatic carbocycles. The van der Waals surface area contributed by atoms with E-state index in [9.17, 15) is 0 Å². The summed E-state index contributed by atoms with van der Waals surface area (Å²) in [5, 5.41) is 3.75. The molecule has 1 aliphatic rings. The summed E-state index contributed by atoms with van der Waals surface area (Å²) in [6.07, 6.45) is -0.233. The lowest BCUT2D eigenvalue weighted by Gasteiger charge is -2.30. The predicted octanol–water partition coefficient (Wildman–Crippen LogP) is 5.06. The average molecular weight is 405 g/mol. The minimum absolute atomic E-state index is 0.0374. The van der Waals surface area contributed by atoms with Gasteiger partial charge in [0.2, 0.25) is 0 Å². The van der Waals surface area contributed by atoms with Gasteiger partial charge in [-0.05, 0) is 22.7 Å². The molecule has 0 saturated heterocycles. The van der Waals surface area contributed by atoms with Gasteiger partial charge < -0.3 is 14.6 Å². The molecule has 1 N–H and O–H groups in total. The SMILES string of the molecule is c1ccc(B2Oc3ccccc3CN[C@H](c3ccccc3)[C@H](c3ccccc3)O2)cc1. The number of fused-ring (bicyclic) bond motifs is 1. The standard InChI is InChI=1S/C27H24BNO2/c1-4-12-21(13-5-1)26-27(22-14-6-2-7-15-22)31-28(24-17-8-3-9-18-24)30-25-19-11-10-16-23(25)20-29-26/h1-19,26-27,29H,20H2/t26-,27+/m1/s1. The minimum atomic E-state index is -0.529. The Hall–Kier alpha value is -3.34. The monoisotopic (exact) mass is 405 g/mol. The van der Waals surface area contributed by atoms with Crippen LogP contribution in [-0.2, 0) is 11.2 Å². The van der Waals surface area contributed by atoms with Crippen LogP contribution in [0.3, 0.4) is 0 Å². The van der Waals surface area contributed by atoms with E-state index in [2.05, 4.69) is 72.0 Å². The number of benzene rings is 4. The third-order valence-corrected chi connectivity index (χ3v) is 5.65. The first kappa shape index (κ1) is 19.6. The summed E-state index contributed by atoms with van der Waals surface area (Å²) in [6, 6.07) is 39.2. The Balaban J connectivity index is 1.63. The fraction of sp³-hybridized carbons (Fsp3) is 0.111. The molecule has 0 spiro atoms. The summed E-state index contributed by atoms with van der Waals surface area (Å²) in [5.41, 5.74) is 4.40. The Bertz CT molecular complexity index is 1110. The number of nitrogens with one attached hydrogen (secondary N) is 1. The second-order valence-electron chi connectivity index (χ2n) is 7.70. The average Bonchev–Trinajstić information content (AvgIpc) is 2.93. The van der Waals surface area contributed by atoms with Crippen LogP contribution < -0.4 is 15.4 Å². The van der Waals surface area contributed by atoms with E-state index in [1.807, 2.05) is 48.5 Å². The zero-order valence-electron chi connectivity index (χ0n) is 17.2. The van der Waals surface area contributed by atoms with E-state index >= 15 is 0 Å². The molecule has 4 aromatic carbocycles. The summed E-state index contributed by atoms with van der Waals surface area (Å²) in [4.78, 5) is 0. The van der Waals surface area contributed by atoms with Gasteiger partial charge in [-0.2, -0.15) is 0 Å². The van der Waals surface area contributed by atoms with Crippen LogP contribution in [-0.4, -0.2) is 7.12 Å². The number of rotatable bonds is 3. The van der Waals surface area contributed by atoms with Crippen molar-refractivity contribution in [1.29, 1.82) is 0 Å². The van der Waals surface area contributed by atoms with Gasteiger partial charge >= 0.3 is 7.12 Å². The van der Waals surface area contributed by atoms with Gasteiger partial charge in [0, 0.05) is 12.1 Å². The molecule has 1 aliphatic heterocycles. The third kappa shape index (κ3) is 4.41. The zero-order chi connectivity index (χ0) is 20.9. The Labute approximate surface area is 183 Å². The highest BCUT2D eigenvalue weighted by Crippen LogP contribution is 2.35. The van der Waals surface area contributed by atoms with Crippen molar-refractivity contribution in [2.45, 2.75) is 18.7 Å². The van der Waals surface area contributed by atoms with Crippen LogP contribution in [0.5, 0.6) is 5.75 Å². The van der Waals surface area contributed by atoms with Crippen molar-refractivity contribution in [1.82, 2.24) is 5.32 Å². The van der Waals surface area contributed by atoms with E-state index in [1.54, 1.807) is 0 Å². The lowest BCUT2D eigenvalue weighted by atomic mass is 9.77. The molecule has 0 amide bonds. The second kappa shape index (κ2) is 9.21. The molecule has 1 heterocycles. The highest BCUT2D eigenvalue weighted by atomic mass is 16.6. The lowest BCUT2D eigenvalue weighted by molar-refractivity contribution is 0.137. The smallest absolute Gasteiger partial charge is 0.532 e. The van der Waals surface area contributed by atoms with E-state index in [4.69, 9.17) is 9.31 Å². The lowest BCUT2D eigenvalue weighted by Crippen LogP contribution is -2.42. The van der Waals surface area contributed by atoms with Crippen molar-refractivity contribution >= 4 is 12.6 Å². The van der Waals surface area contributed by atoms with Gasteiger partial charge in [-0.3, -0.25) is 0 Å². The van der Waals surface area contributed by atoms with Crippen LogP contribution in [0.1, 0.15) is 28.8 Å². The Kier molecular flexibility index (Phi) is 5.83. The van der Waals surface area contributed by atoms with Crippen LogP contribution >= 0.6 is 0 Å². The highest BCUT2D eigenvalue weighted by Gasteiger charge is 2.35. The van der Waals surface area contributed by atoms with Gasteiger partial charge in [0.15, 0.2) is 0 Å². The maximum atomic E-state index is 6.78. The first-order chi connectivity index (χ1) is 15.4. The van der Waals surface area contributed by atoms with Gasteiger partial charge in [-0.15, -0.1) is 0 Å². The Morgan fingerprint density at radius 3 is 1.94 bits per heavy atom. The van der Waals surface area contributed by atoms with E-state index in [1.165, 1.54) is 5.56 Å². The Morgan fingerprint density at radius 1 is 0.645 bits per heavy atom. The van der Waals surface area contributed by atoms with Gasteiger partial charge in [-0.1, -0.05) is 109 Å². The molecule has 3 nitrogen and oxygen atoms in total. The molecule has 4 heteroatoms. The molecular weight excluding hydrogens is 381 g/mol. The first-order valence-electron chi connectivity index (χ1n) is 10.7. The fourth-order valence-electron chi connectivity index (χ4n) is 4.07. The van der Waals surface area contributed by atoms with Crippen LogP contribution in [0.15, 0.2) is 115 Å². The molecule has 5 rings (SSSR count). The summed E-state index contributed by atoms with van der Waals surface area (Å²) < 4.78 is 13.3. The number of hydrogen-bond donors (Lipinski definition) is 1. The van der Waals surface area contributed by atoms with Crippen molar-refractivity contribution < 1.29 is 9.31 Å². The van der Waals surface area contributed by atoms with Gasteiger partial charge in [0.05, 0.1) is 12.1 Å². The van der Waals surface area contributed by atoms with E-state index < -0.39 is 7.12 Å². The quantitative estimate of drug-likeness (QED) is 0.483. The van der Waals surface area contributed by atoms with Crippen molar-refractivity contribution in [3.8, 4) is 5.75 Å².